The maximum atomic E-state index is 14.1. The number of nitrogens with two attached hydrogens (primary N) is 2. The molecule has 1 heterocycles. The minimum absolute atomic E-state index is 0.0280. The number of para-hydroxylation sites is 1. The van der Waals surface area contributed by atoms with Crippen molar-refractivity contribution < 1.29 is 19.2 Å². The standard InChI is InChI=1S/C46H77N5O4/c1-5-6-7-8-9-10-11-12-13-14-15-16-17-18-19-20-21-25-40(53)32-38(31-39-34-50-42-27-23-22-26-41(39)42)45(55)51-43(28-24-29-49-46(47)48)44(54)33-37(36(4)52)30-35(2)3/h22-23,26-27,34-35,37-38,43,50H,5-21,24-25,28-33H2,1-4H3,(H,51,55)(H4,47,48,49)/t37-,38+,43+/m1/s1. The number of aliphatic imine (C=N–C) groups is 1. The molecule has 9 nitrogen and oxygen atoms in total. The monoisotopic (exact) mass is 764 g/mol. The lowest BCUT2D eigenvalue weighted by Gasteiger charge is -2.24. The molecule has 0 saturated carbocycles. The van der Waals surface area contributed by atoms with E-state index >= 15 is 0 Å². The van der Waals surface area contributed by atoms with Crippen LogP contribution in [0.4, 0.5) is 0 Å². The summed E-state index contributed by atoms with van der Waals surface area (Å²) in [4.78, 5) is 60.9. The third-order valence-corrected chi connectivity index (χ3v) is 11.0. The number of nitrogens with zero attached hydrogens (tertiary/aromatic N) is 1. The van der Waals surface area contributed by atoms with Crippen LogP contribution in [0.1, 0.15) is 181 Å². The first-order chi connectivity index (χ1) is 26.5. The fourth-order valence-electron chi connectivity index (χ4n) is 7.70. The second kappa shape index (κ2) is 28.9. The summed E-state index contributed by atoms with van der Waals surface area (Å²) in [6.45, 7) is 8.17. The Bertz CT molecular complexity index is 1410. The van der Waals surface area contributed by atoms with Crippen molar-refractivity contribution in [2.75, 3.05) is 6.54 Å². The first-order valence-corrected chi connectivity index (χ1v) is 22.0. The van der Waals surface area contributed by atoms with Gasteiger partial charge in [0.15, 0.2) is 11.7 Å². The first-order valence-electron chi connectivity index (χ1n) is 22.0. The minimum atomic E-state index is -0.804. The molecule has 0 saturated heterocycles. The van der Waals surface area contributed by atoms with Gasteiger partial charge in [0.25, 0.3) is 0 Å². The molecule has 0 aliphatic carbocycles. The number of hydrogen-bond donors (Lipinski definition) is 4. The Kier molecular flexibility index (Phi) is 25.0. The molecule has 0 bridgehead atoms. The van der Waals surface area contributed by atoms with E-state index in [9.17, 15) is 19.2 Å². The summed E-state index contributed by atoms with van der Waals surface area (Å²) in [6.07, 6.45) is 26.2. The summed E-state index contributed by atoms with van der Waals surface area (Å²) in [7, 11) is 0. The SMILES string of the molecule is CCCCCCCCCCCCCCCCCCCC(=O)C[C@H](Cc1c[nH]c2ccccc12)C(=O)N[C@@H](CCCN=C(N)N)C(=O)C[C@@H](CC(C)C)C(C)=O. The third-order valence-electron chi connectivity index (χ3n) is 11.0. The largest absolute Gasteiger partial charge is 0.370 e. The van der Waals surface area contributed by atoms with Crippen molar-refractivity contribution in [1.29, 1.82) is 0 Å². The van der Waals surface area contributed by atoms with Gasteiger partial charge in [0.05, 0.1) is 6.04 Å². The molecule has 0 aliphatic heterocycles. The Labute approximate surface area is 333 Å². The normalized spacial score (nSPS) is 13.1. The van der Waals surface area contributed by atoms with E-state index in [2.05, 4.69) is 22.2 Å². The molecule has 9 heteroatoms. The molecule has 1 aromatic carbocycles. The predicted octanol–water partition coefficient (Wildman–Crippen LogP) is 10.1. The number of carbonyl (C=O) groups is 4. The molecule has 0 spiro atoms. The van der Waals surface area contributed by atoms with E-state index in [1.54, 1.807) is 0 Å². The van der Waals surface area contributed by atoms with Gasteiger partial charge in [-0.25, -0.2) is 0 Å². The lowest BCUT2D eigenvalue weighted by atomic mass is 9.86. The van der Waals surface area contributed by atoms with Gasteiger partial charge in [0, 0.05) is 54.7 Å². The van der Waals surface area contributed by atoms with E-state index in [4.69, 9.17) is 11.5 Å². The van der Waals surface area contributed by atoms with Gasteiger partial charge in [0.1, 0.15) is 11.6 Å². The lowest BCUT2D eigenvalue weighted by Crippen LogP contribution is -2.45. The van der Waals surface area contributed by atoms with Crippen LogP contribution in [0.15, 0.2) is 35.5 Å². The average Bonchev–Trinajstić information content (AvgIpc) is 3.55. The molecule has 310 valence electrons. The zero-order valence-electron chi connectivity index (χ0n) is 35.1. The van der Waals surface area contributed by atoms with E-state index in [0.717, 1.165) is 35.7 Å². The third kappa shape index (κ3) is 21.4. The number of nitrogens with one attached hydrogen (secondary N) is 2. The van der Waals surface area contributed by atoms with Crippen molar-refractivity contribution in [2.24, 2.45) is 34.2 Å². The number of fused-ring (bicyclic) bond motifs is 1. The van der Waals surface area contributed by atoms with Crippen LogP contribution in [0, 0.1) is 17.8 Å². The summed E-state index contributed by atoms with van der Waals surface area (Å²) >= 11 is 0. The van der Waals surface area contributed by atoms with Crippen molar-refractivity contribution in [1.82, 2.24) is 10.3 Å². The number of aromatic amines is 1. The number of Topliss-reactive ketones (excluding diaryl/α,β-unsaturated/α-hetero) is 3. The molecular formula is C46H77N5O4. The number of carbonyl (C=O) groups excluding carboxylic acids is 4. The summed E-state index contributed by atoms with van der Waals surface area (Å²) in [6, 6.07) is 7.13. The van der Waals surface area contributed by atoms with Gasteiger partial charge in [0.2, 0.25) is 5.91 Å². The van der Waals surface area contributed by atoms with E-state index < -0.39 is 17.9 Å². The molecule has 1 aromatic heterocycles. The van der Waals surface area contributed by atoms with Crippen LogP contribution < -0.4 is 16.8 Å². The van der Waals surface area contributed by atoms with Gasteiger partial charge in [-0.3, -0.25) is 24.2 Å². The number of hydrogen-bond acceptors (Lipinski definition) is 5. The molecule has 1 amide bonds. The fourth-order valence-corrected chi connectivity index (χ4v) is 7.70. The Morgan fingerprint density at radius 2 is 1.31 bits per heavy atom. The van der Waals surface area contributed by atoms with Crippen LogP contribution in [-0.4, -0.2) is 46.8 Å². The predicted molar refractivity (Wildman–Crippen MR) is 229 cm³/mol. The molecule has 2 aromatic rings. The average molecular weight is 764 g/mol. The van der Waals surface area contributed by atoms with Crippen LogP contribution in [0.2, 0.25) is 0 Å². The van der Waals surface area contributed by atoms with Crippen LogP contribution >= 0.6 is 0 Å². The highest BCUT2D eigenvalue weighted by atomic mass is 16.2. The zero-order valence-corrected chi connectivity index (χ0v) is 35.1. The van der Waals surface area contributed by atoms with Crippen LogP contribution in [-0.2, 0) is 25.6 Å². The molecule has 2 rings (SSSR count). The highest BCUT2D eigenvalue weighted by molar-refractivity contribution is 5.94. The second-order valence-electron chi connectivity index (χ2n) is 16.5. The Hall–Kier alpha value is -3.49. The first kappa shape index (κ1) is 47.7. The van der Waals surface area contributed by atoms with Crippen molar-refractivity contribution in [3.05, 3.63) is 36.0 Å². The maximum Gasteiger partial charge on any atom is 0.224 e. The van der Waals surface area contributed by atoms with Crippen LogP contribution in [0.3, 0.4) is 0 Å². The van der Waals surface area contributed by atoms with Crippen molar-refractivity contribution in [2.45, 2.75) is 188 Å². The van der Waals surface area contributed by atoms with Crippen molar-refractivity contribution >= 4 is 40.1 Å². The van der Waals surface area contributed by atoms with Crippen LogP contribution in [0.5, 0.6) is 0 Å². The number of amides is 1. The molecule has 55 heavy (non-hydrogen) atoms. The quantitative estimate of drug-likeness (QED) is 0.0315. The fraction of sp³-hybridized carbons (Fsp3) is 0.717. The summed E-state index contributed by atoms with van der Waals surface area (Å²) in [5.41, 5.74) is 13.0. The minimum Gasteiger partial charge on any atom is -0.370 e. The number of aromatic nitrogens is 1. The molecule has 6 N–H and O–H groups in total. The Balaban J connectivity index is 1.91. The van der Waals surface area contributed by atoms with Gasteiger partial charge < -0.3 is 21.8 Å². The number of guanidine groups is 1. The summed E-state index contributed by atoms with van der Waals surface area (Å²) < 4.78 is 0. The number of benzene rings is 1. The molecule has 0 fully saturated rings. The van der Waals surface area contributed by atoms with Gasteiger partial charge in [-0.2, -0.15) is 0 Å². The Morgan fingerprint density at radius 3 is 1.85 bits per heavy atom. The van der Waals surface area contributed by atoms with E-state index in [0.29, 0.717) is 38.6 Å². The number of H-pyrrole nitrogens is 1. The maximum absolute atomic E-state index is 14.1. The zero-order chi connectivity index (χ0) is 40.3. The molecule has 0 unspecified atom stereocenters. The highest BCUT2D eigenvalue weighted by Gasteiger charge is 2.30. The number of ketones is 3. The van der Waals surface area contributed by atoms with E-state index in [1.165, 1.54) is 96.8 Å². The number of unbranched alkanes of at least 4 members (excludes halogenated alkanes) is 16. The van der Waals surface area contributed by atoms with Gasteiger partial charge >= 0.3 is 0 Å². The van der Waals surface area contributed by atoms with Gasteiger partial charge in [-0.05, 0) is 56.6 Å². The molecule has 3 atom stereocenters. The van der Waals surface area contributed by atoms with E-state index in [1.807, 2.05) is 44.3 Å². The highest BCUT2D eigenvalue weighted by Crippen LogP contribution is 2.25. The van der Waals surface area contributed by atoms with Crippen molar-refractivity contribution in [3.63, 3.8) is 0 Å². The molecule has 0 aliphatic rings. The van der Waals surface area contributed by atoms with Gasteiger partial charge in [-0.15, -0.1) is 0 Å². The van der Waals surface area contributed by atoms with E-state index in [-0.39, 0.29) is 48.0 Å². The van der Waals surface area contributed by atoms with Crippen molar-refractivity contribution in [3.8, 4) is 0 Å². The summed E-state index contributed by atoms with van der Waals surface area (Å²) in [5.74, 6) is -1.27. The summed E-state index contributed by atoms with van der Waals surface area (Å²) in [5, 5.41) is 4.04. The second-order valence-corrected chi connectivity index (χ2v) is 16.5. The van der Waals surface area contributed by atoms with Crippen LogP contribution in [0.25, 0.3) is 10.9 Å². The Morgan fingerprint density at radius 1 is 0.745 bits per heavy atom. The molecule has 0 radical (unpaired) electrons. The molecular weight excluding hydrogens is 687 g/mol. The van der Waals surface area contributed by atoms with Gasteiger partial charge in [-0.1, -0.05) is 142 Å². The smallest absolute Gasteiger partial charge is 0.224 e. The number of rotatable bonds is 34. The topological polar surface area (TPSA) is 160 Å². The lowest BCUT2D eigenvalue weighted by molar-refractivity contribution is -0.133.